The van der Waals surface area contributed by atoms with E-state index in [2.05, 4.69) is 9.72 Å². The first kappa shape index (κ1) is 28.3. The van der Waals surface area contributed by atoms with Gasteiger partial charge in [0, 0.05) is 16.6 Å². The molecule has 3 rings (SSSR count). The van der Waals surface area contributed by atoms with E-state index in [-0.39, 0.29) is 30.2 Å². The zero-order valence-electron chi connectivity index (χ0n) is 20.0. The predicted octanol–water partition coefficient (Wildman–Crippen LogP) is 5.98. The highest BCUT2D eigenvalue weighted by Crippen LogP contribution is 2.47. The Balaban J connectivity index is 2.11. The highest BCUT2D eigenvalue weighted by atomic mass is 19.4. The minimum atomic E-state index is -5.33. The van der Waals surface area contributed by atoms with E-state index in [1.165, 1.54) is 19.1 Å². The molecule has 0 atom stereocenters. The van der Waals surface area contributed by atoms with Gasteiger partial charge in [-0.25, -0.2) is 4.79 Å². The van der Waals surface area contributed by atoms with Gasteiger partial charge in [0.2, 0.25) is 5.91 Å². The summed E-state index contributed by atoms with van der Waals surface area (Å²) in [5.41, 5.74) is -3.72. The van der Waals surface area contributed by atoms with Crippen molar-refractivity contribution in [2.24, 2.45) is 0 Å². The number of hydrogen-bond donors (Lipinski definition) is 2. The van der Waals surface area contributed by atoms with Gasteiger partial charge in [-0.15, -0.1) is 0 Å². The molecule has 38 heavy (non-hydrogen) atoms. The van der Waals surface area contributed by atoms with E-state index >= 15 is 0 Å². The van der Waals surface area contributed by atoms with Crippen LogP contribution in [0.15, 0.2) is 30.3 Å². The van der Waals surface area contributed by atoms with Crippen LogP contribution in [0.4, 0.5) is 32.0 Å². The fourth-order valence-electron chi connectivity index (χ4n) is 3.53. The maximum Gasteiger partial charge on any atom is 0.420 e. The molecule has 3 aromatic rings. The van der Waals surface area contributed by atoms with Gasteiger partial charge >= 0.3 is 24.3 Å². The molecule has 0 spiro atoms. The number of benzene rings is 2. The number of methoxy groups -OCH3 is 1. The van der Waals surface area contributed by atoms with Crippen molar-refractivity contribution < 1.29 is 54.9 Å². The van der Waals surface area contributed by atoms with Crippen molar-refractivity contribution in [1.29, 1.82) is 0 Å². The van der Waals surface area contributed by atoms with Crippen molar-refractivity contribution in [2.75, 3.05) is 19.0 Å². The number of aryl methyl sites for hydroxylation is 1. The molecule has 0 aliphatic heterocycles. The Labute approximate surface area is 210 Å². The molecule has 0 bridgehead atoms. The minimum absolute atomic E-state index is 0.0676. The summed E-state index contributed by atoms with van der Waals surface area (Å²) in [5, 5.41) is 2.14. The lowest BCUT2D eigenvalue weighted by Crippen LogP contribution is -2.19. The Morgan fingerprint density at radius 2 is 1.58 bits per heavy atom. The number of carbonyl (C=O) groups excluding carboxylic acids is 3. The fraction of sp³-hybridized carbons (Fsp3) is 0.292. The first-order valence-electron chi connectivity index (χ1n) is 10.8. The second-order valence-electron chi connectivity index (χ2n) is 7.85. The van der Waals surface area contributed by atoms with E-state index in [0.29, 0.717) is 16.5 Å². The lowest BCUT2D eigenvalue weighted by molar-refractivity contribution is -0.146. The smallest absolute Gasteiger partial charge is 0.420 e. The van der Waals surface area contributed by atoms with E-state index in [9.17, 15) is 40.7 Å². The first-order valence-corrected chi connectivity index (χ1v) is 10.8. The highest BCUT2D eigenvalue weighted by molar-refractivity contribution is 6.02. The Bertz CT molecular complexity index is 1360. The van der Waals surface area contributed by atoms with Crippen LogP contribution in [0.3, 0.4) is 0 Å². The molecule has 0 radical (unpaired) electrons. The molecule has 0 saturated carbocycles. The van der Waals surface area contributed by atoms with E-state index in [1.807, 2.05) is 5.32 Å². The standard InChI is InChI=1S/C24H20F6N2O6/c1-4-37-22(35)20-11(2)14-9-13(5-6-17(14)32-20)38-21-15(23(25,26)27)7-12(8-16(21)24(28,29)30)31-18(33)10-19(34)36-3/h5-9,32H,4,10H2,1-3H3,(H,31,33). The van der Waals surface area contributed by atoms with Gasteiger partial charge in [-0.05, 0) is 49.7 Å². The van der Waals surface area contributed by atoms with Crippen molar-refractivity contribution in [3.05, 3.63) is 52.7 Å². The molecule has 0 aliphatic carbocycles. The van der Waals surface area contributed by atoms with E-state index in [0.717, 1.165) is 13.2 Å². The van der Waals surface area contributed by atoms with E-state index < -0.39 is 59.2 Å². The Kier molecular flexibility index (Phi) is 7.93. The largest absolute Gasteiger partial charge is 0.469 e. The van der Waals surface area contributed by atoms with Gasteiger partial charge in [-0.3, -0.25) is 9.59 Å². The highest BCUT2D eigenvalue weighted by Gasteiger charge is 2.43. The monoisotopic (exact) mass is 546 g/mol. The van der Waals surface area contributed by atoms with Crippen LogP contribution in [0.2, 0.25) is 0 Å². The molecule has 204 valence electrons. The van der Waals surface area contributed by atoms with E-state index in [1.54, 1.807) is 6.92 Å². The maximum atomic E-state index is 13.9. The summed E-state index contributed by atoms with van der Waals surface area (Å²) in [4.78, 5) is 38.0. The molecular weight excluding hydrogens is 526 g/mol. The van der Waals surface area contributed by atoms with Gasteiger partial charge in [0.05, 0.1) is 13.7 Å². The van der Waals surface area contributed by atoms with Crippen molar-refractivity contribution in [3.63, 3.8) is 0 Å². The molecule has 14 heteroatoms. The van der Waals surface area contributed by atoms with Gasteiger partial charge in [-0.1, -0.05) is 0 Å². The number of rotatable bonds is 7. The lowest BCUT2D eigenvalue weighted by Gasteiger charge is -2.21. The third kappa shape index (κ3) is 6.18. The molecule has 1 aromatic heterocycles. The minimum Gasteiger partial charge on any atom is -0.469 e. The van der Waals surface area contributed by atoms with Crippen LogP contribution < -0.4 is 10.1 Å². The van der Waals surface area contributed by atoms with Gasteiger partial charge in [0.1, 0.15) is 29.0 Å². The number of aromatic amines is 1. The summed E-state index contributed by atoms with van der Waals surface area (Å²) < 4.78 is 97.7. The number of esters is 2. The zero-order chi connectivity index (χ0) is 28.4. The predicted molar refractivity (Wildman–Crippen MR) is 121 cm³/mol. The number of aromatic nitrogens is 1. The Morgan fingerprint density at radius 1 is 0.974 bits per heavy atom. The number of ether oxygens (including phenoxy) is 3. The summed E-state index contributed by atoms with van der Waals surface area (Å²) in [6.45, 7) is 3.19. The van der Waals surface area contributed by atoms with Crippen molar-refractivity contribution in [2.45, 2.75) is 32.6 Å². The average molecular weight is 546 g/mol. The van der Waals surface area contributed by atoms with Gasteiger partial charge in [0.15, 0.2) is 5.75 Å². The number of carbonyl (C=O) groups is 3. The number of amides is 1. The van der Waals surface area contributed by atoms with Crippen LogP contribution in [0.25, 0.3) is 10.9 Å². The normalized spacial score (nSPS) is 11.8. The Morgan fingerprint density at radius 3 is 2.11 bits per heavy atom. The van der Waals surface area contributed by atoms with Crippen LogP contribution in [0, 0.1) is 6.92 Å². The van der Waals surface area contributed by atoms with Crippen LogP contribution in [0.5, 0.6) is 11.5 Å². The molecule has 2 aromatic carbocycles. The molecule has 2 N–H and O–H groups in total. The summed E-state index contributed by atoms with van der Waals surface area (Å²) in [5.74, 6) is -4.84. The van der Waals surface area contributed by atoms with Crippen LogP contribution in [-0.4, -0.2) is 36.5 Å². The number of H-pyrrole nitrogens is 1. The molecule has 1 heterocycles. The van der Waals surface area contributed by atoms with Crippen LogP contribution in [0.1, 0.15) is 40.5 Å². The van der Waals surface area contributed by atoms with Crippen LogP contribution in [-0.2, 0) is 31.4 Å². The number of anilines is 1. The third-order valence-electron chi connectivity index (χ3n) is 5.25. The number of alkyl halides is 6. The van der Waals surface area contributed by atoms with Crippen LogP contribution >= 0.6 is 0 Å². The fourth-order valence-corrected chi connectivity index (χ4v) is 3.53. The molecular formula is C24H20F6N2O6. The topological polar surface area (TPSA) is 107 Å². The molecule has 0 fully saturated rings. The number of hydrogen-bond acceptors (Lipinski definition) is 6. The van der Waals surface area contributed by atoms with Gasteiger partial charge in [-0.2, -0.15) is 26.3 Å². The van der Waals surface area contributed by atoms with E-state index in [4.69, 9.17) is 9.47 Å². The third-order valence-corrected chi connectivity index (χ3v) is 5.25. The van der Waals surface area contributed by atoms with Crippen molar-refractivity contribution in [3.8, 4) is 11.5 Å². The first-order chi connectivity index (χ1) is 17.6. The molecule has 0 saturated heterocycles. The van der Waals surface area contributed by atoms with Crippen molar-refractivity contribution >= 4 is 34.4 Å². The summed E-state index contributed by atoms with van der Waals surface area (Å²) >= 11 is 0. The number of nitrogens with one attached hydrogen (secondary N) is 2. The molecule has 1 amide bonds. The summed E-state index contributed by atoms with van der Waals surface area (Å²) in [7, 11) is 0.954. The maximum absolute atomic E-state index is 13.9. The van der Waals surface area contributed by atoms with Gasteiger partial charge in [0.25, 0.3) is 0 Å². The quantitative estimate of drug-likeness (QED) is 0.214. The average Bonchev–Trinajstić information content (AvgIpc) is 3.14. The van der Waals surface area contributed by atoms with Crippen molar-refractivity contribution in [1.82, 2.24) is 4.98 Å². The Hall–Kier alpha value is -4.23. The zero-order valence-corrected chi connectivity index (χ0v) is 20.0. The number of halogens is 6. The molecule has 0 unspecified atom stereocenters. The summed E-state index contributed by atoms with van der Waals surface area (Å²) in [6, 6.07) is 4.15. The summed E-state index contributed by atoms with van der Waals surface area (Å²) in [6.07, 6.45) is -11.6. The SMILES string of the molecule is CCOC(=O)c1[nH]c2ccc(Oc3c(C(F)(F)F)cc(NC(=O)CC(=O)OC)cc3C(F)(F)F)cc2c1C. The number of fused-ring (bicyclic) bond motifs is 1. The second kappa shape index (κ2) is 10.6. The molecule has 0 aliphatic rings. The lowest BCUT2D eigenvalue weighted by atomic mass is 10.1. The molecule has 8 nitrogen and oxygen atoms in total. The van der Waals surface area contributed by atoms with Gasteiger partial charge < -0.3 is 24.5 Å². The second-order valence-corrected chi connectivity index (χ2v) is 7.85.